The van der Waals surface area contributed by atoms with Crippen molar-refractivity contribution in [2.45, 2.75) is 32.0 Å². The van der Waals surface area contributed by atoms with E-state index in [2.05, 4.69) is 63.2 Å². The van der Waals surface area contributed by atoms with E-state index in [1.807, 2.05) is 87.5 Å². The van der Waals surface area contributed by atoms with Gasteiger partial charge in [0.1, 0.15) is 0 Å². The lowest BCUT2D eigenvalue weighted by Gasteiger charge is -2.37. The van der Waals surface area contributed by atoms with Gasteiger partial charge in [0.05, 0.1) is 44.9 Å². The fraction of sp³-hybridized carbons (Fsp3) is 0.170. The first-order chi connectivity index (χ1) is 34.6. The van der Waals surface area contributed by atoms with E-state index in [1.165, 1.54) is 18.2 Å². The van der Waals surface area contributed by atoms with Gasteiger partial charge in [-0.25, -0.2) is 23.9 Å². The lowest BCUT2D eigenvalue weighted by molar-refractivity contribution is 0.0698. The van der Waals surface area contributed by atoms with Crippen molar-refractivity contribution >= 4 is 96.9 Å². The first-order valence-corrected chi connectivity index (χ1v) is 23.7. The fourth-order valence-corrected chi connectivity index (χ4v) is 9.62. The van der Waals surface area contributed by atoms with Crippen LogP contribution in [0.2, 0.25) is 5.02 Å². The Kier molecular flexibility index (Phi) is 13.6. The first kappa shape index (κ1) is 48.9. The van der Waals surface area contributed by atoms with Gasteiger partial charge >= 0.3 is 12.2 Å². The Morgan fingerprint density at radius 2 is 1.38 bits per heavy atom. The van der Waals surface area contributed by atoms with Crippen LogP contribution in [0.25, 0.3) is 22.1 Å². The van der Waals surface area contributed by atoms with Crippen LogP contribution in [0.3, 0.4) is 0 Å². The number of aliphatic hydroxyl groups is 1. The highest BCUT2D eigenvalue weighted by Crippen LogP contribution is 2.48. The molecule has 10 rings (SSSR count). The Hall–Kier alpha value is -8.08. The predicted molar refractivity (Wildman–Crippen MR) is 276 cm³/mol. The van der Waals surface area contributed by atoms with Crippen molar-refractivity contribution in [3.05, 3.63) is 176 Å². The second-order valence-electron chi connectivity index (χ2n) is 16.8. The van der Waals surface area contributed by atoms with E-state index in [4.69, 9.17) is 21.4 Å². The Bertz CT molecular complexity index is 3520. The molecule has 19 heteroatoms. The third-order valence-electron chi connectivity index (χ3n) is 12.6. The minimum absolute atomic E-state index is 0.0749. The third-order valence-corrected chi connectivity index (χ3v) is 13.4. The number of amides is 4. The number of hydrogen-bond donors (Lipinski definition) is 6. The first-order valence-electron chi connectivity index (χ1n) is 22.6. The van der Waals surface area contributed by atoms with Crippen LogP contribution in [0.5, 0.6) is 0 Å². The monoisotopic (exact) mass is 1050 g/mol. The quantitative estimate of drug-likeness (QED) is 0.0714. The second-order valence-corrected chi connectivity index (χ2v) is 18.1. The highest BCUT2D eigenvalue weighted by atomic mass is 79.9. The number of imidazole rings is 2. The van der Waals surface area contributed by atoms with Gasteiger partial charge in [-0.2, -0.15) is 0 Å². The number of nitrogens with one attached hydrogen (secondary N) is 4. The van der Waals surface area contributed by atoms with Crippen molar-refractivity contribution < 1.29 is 38.5 Å². The van der Waals surface area contributed by atoms with E-state index in [0.717, 1.165) is 39.3 Å². The topological polar surface area (TPSA) is 209 Å². The van der Waals surface area contributed by atoms with Gasteiger partial charge in [-0.15, -0.1) is 0 Å². The van der Waals surface area contributed by atoms with Crippen molar-refractivity contribution in [1.29, 1.82) is 0 Å². The van der Waals surface area contributed by atoms with Crippen LogP contribution in [0.1, 0.15) is 63.7 Å². The maximum absolute atomic E-state index is 15.2. The van der Waals surface area contributed by atoms with Crippen molar-refractivity contribution in [2.75, 3.05) is 46.7 Å². The summed E-state index contributed by atoms with van der Waals surface area (Å²) < 4.78 is 21.2. The van der Waals surface area contributed by atoms with Crippen molar-refractivity contribution in [1.82, 2.24) is 24.8 Å². The Morgan fingerprint density at radius 1 is 0.778 bits per heavy atom. The normalized spacial score (nSPS) is 16.8. The van der Waals surface area contributed by atoms with Crippen molar-refractivity contribution in [2.24, 2.45) is 0 Å². The number of ether oxygens (including phenoxy) is 1. The van der Waals surface area contributed by atoms with Crippen LogP contribution in [0.15, 0.2) is 132 Å². The average molecular weight is 1050 g/mol. The standard InChI is InChI=1S/C30H27ClFN5O4.C23H17BrN4O3/c1-3-36(4-2)16-7-8-17-41-29(39)35-28-33-23-15-14-19(18-24(23)34-28)30(40)21-11-6-5-10-20(21)27(38)37(30)25-13-9-12-22(31)26(25)32;1-23(13-9-10-18-19(11-13)26-21(25-18)27-22(30)31)17-8-3-2-7-16(17)20(29)28(23)15-6-4-5-14(24)12-15/h5-6,9-15,18,40H,3-4,16-17H2,1-2H3,(H2,33,34,35,39);2-12H,1H3,(H,30,31)(H2,25,26,27). The maximum Gasteiger partial charge on any atom is 0.414 e. The molecule has 0 radical (unpaired) electrons. The number of carbonyl (C=O) groups is 4. The highest BCUT2D eigenvalue weighted by molar-refractivity contribution is 9.10. The summed E-state index contributed by atoms with van der Waals surface area (Å²) in [7, 11) is 0. The lowest BCUT2D eigenvalue weighted by atomic mass is 9.84. The molecule has 6 N–H and O–H groups in total. The zero-order valence-corrected chi connectivity index (χ0v) is 41.1. The van der Waals surface area contributed by atoms with E-state index in [1.54, 1.807) is 47.4 Å². The number of aromatic nitrogens is 4. The summed E-state index contributed by atoms with van der Waals surface area (Å²) in [6.07, 6.45) is -1.93. The minimum atomic E-state index is -2.06. The van der Waals surface area contributed by atoms with Gasteiger partial charge < -0.3 is 24.9 Å². The van der Waals surface area contributed by atoms with Gasteiger partial charge in [-0.1, -0.05) is 114 Å². The van der Waals surface area contributed by atoms with E-state index in [-0.39, 0.29) is 51.8 Å². The predicted octanol–water partition coefficient (Wildman–Crippen LogP) is 10.4. The van der Waals surface area contributed by atoms with Gasteiger partial charge in [0, 0.05) is 32.4 Å². The molecule has 2 atom stereocenters. The SMILES string of the molecule is CC1(c2ccc3nc(NC(=O)O)[nH]c3c2)c2ccccc2C(=O)N1c1cccc(Br)c1.CCN(CC)CC#CCOC(=O)Nc1nc2ccc(C3(O)c4ccccc4C(=O)N3c3cccc(Cl)c3F)cc2[nH]1. The number of fused-ring (bicyclic) bond motifs is 4. The van der Waals surface area contributed by atoms with Gasteiger partial charge in [0.25, 0.3) is 11.8 Å². The molecule has 16 nitrogen and oxygen atoms in total. The van der Waals surface area contributed by atoms with Crippen LogP contribution in [-0.2, 0) is 16.0 Å². The number of anilines is 4. The summed E-state index contributed by atoms with van der Waals surface area (Å²) >= 11 is 9.53. The number of H-pyrrole nitrogens is 2. The molecule has 72 heavy (non-hydrogen) atoms. The molecule has 2 unspecified atom stereocenters. The molecule has 2 aliphatic rings. The molecular weight excluding hydrogens is 1010 g/mol. The van der Waals surface area contributed by atoms with Crippen LogP contribution in [-0.4, -0.2) is 85.3 Å². The van der Waals surface area contributed by atoms with Crippen LogP contribution < -0.4 is 20.4 Å². The summed E-state index contributed by atoms with van der Waals surface area (Å²) in [5, 5.41) is 25.7. The summed E-state index contributed by atoms with van der Waals surface area (Å²) in [6, 6.07) is 36.5. The number of hydrogen-bond acceptors (Lipinski definition) is 9. The van der Waals surface area contributed by atoms with Gasteiger partial charge in [-0.05, 0) is 97.9 Å². The number of carboxylic acid groups (broad SMARTS) is 1. The Labute approximate surface area is 424 Å². The molecule has 4 amide bonds. The number of carbonyl (C=O) groups excluding carboxylic acids is 3. The zero-order valence-electron chi connectivity index (χ0n) is 38.8. The van der Waals surface area contributed by atoms with E-state index < -0.39 is 35.2 Å². The zero-order chi connectivity index (χ0) is 50.9. The average Bonchev–Trinajstić information content (AvgIpc) is 4.09. The number of benzene rings is 6. The van der Waals surface area contributed by atoms with Crippen LogP contribution >= 0.6 is 27.5 Å². The molecule has 6 aromatic carbocycles. The molecule has 2 aliphatic heterocycles. The van der Waals surface area contributed by atoms with Crippen molar-refractivity contribution in [3.8, 4) is 11.8 Å². The summed E-state index contributed by atoms with van der Waals surface area (Å²) in [6.45, 7) is 8.40. The molecule has 0 fully saturated rings. The maximum atomic E-state index is 15.2. The summed E-state index contributed by atoms with van der Waals surface area (Å²) in [5.74, 6) is 4.54. The molecule has 0 saturated heterocycles. The molecule has 4 heterocycles. The molecule has 0 saturated carbocycles. The molecular formula is C53H44BrClFN9O7. The number of nitrogens with zero attached hydrogens (tertiary/aromatic N) is 5. The van der Waals surface area contributed by atoms with E-state index >= 15 is 4.39 Å². The molecule has 0 aliphatic carbocycles. The molecule has 364 valence electrons. The summed E-state index contributed by atoms with van der Waals surface area (Å²) in [5.41, 5.74) is 3.22. The van der Waals surface area contributed by atoms with Crippen molar-refractivity contribution in [3.63, 3.8) is 0 Å². The van der Waals surface area contributed by atoms with E-state index in [9.17, 15) is 24.3 Å². The van der Waals surface area contributed by atoms with Gasteiger partial charge in [0.15, 0.2) is 18.1 Å². The number of rotatable bonds is 10. The largest absolute Gasteiger partial charge is 0.465 e. The van der Waals surface area contributed by atoms with Crippen LogP contribution in [0, 0.1) is 17.7 Å². The number of halogens is 3. The summed E-state index contributed by atoms with van der Waals surface area (Å²) in [4.78, 5) is 69.7. The second kappa shape index (κ2) is 20.0. The Balaban J connectivity index is 0.000000184. The number of aromatic amines is 2. The van der Waals surface area contributed by atoms with E-state index in [0.29, 0.717) is 34.2 Å². The molecule has 0 spiro atoms. The molecule has 0 bridgehead atoms. The lowest BCUT2D eigenvalue weighted by Crippen LogP contribution is -2.45. The molecule has 2 aromatic heterocycles. The van der Waals surface area contributed by atoms with Gasteiger partial charge in [0.2, 0.25) is 11.9 Å². The minimum Gasteiger partial charge on any atom is -0.465 e. The molecule has 8 aromatic rings. The highest BCUT2D eigenvalue weighted by Gasteiger charge is 2.52. The van der Waals surface area contributed by atoms with Gasteiger partial charge in [-0.3, -0.25) is 34.9 Å². The fourth-order valence-electron chi connectivity index (χ4n) is 9.07. The smallest absolute Gasteiger partial charge is 0.414 e. The Morgan fingerprint density at radius 3 is 2.04 bits per heavy atom. The third kappa shape index (κ3) is 8.99. The van der Waals surface area contributed by atoms with Crippen LogP contribution in [0.4, 0.5) is 37.3 Å².